The Balaban J connectivity index is 2.16. The van der Waals surface area contributed by atoms with Crippen molar-refractivity contribution in [3.63, 3.8) is 0 Å². The third-order valence-electron chi connectivity index (χ3n) is 2.59. The van der Waals surface area contributed by atoms with Gasteiger partial charge in [0.2, 0.25) is 0 Å². The number of carbonyl (C=O) groups is 1. The topological polar surface area (TPSA) is 26.3 Å². The van der Waals surface area contributed by atoms with Crippen LogP contribution in [0, 0.1) is 0 Å². The zero-order chi connectivity index (χ0) is 13.8. The van der Waals surface area contributed by atoms with Crippen LogP contribution in [0.15, 0.2) is 60.7 Å². The summed E-state index contributed by atoms with van der Waals surface area (Å²) in [5.74, 6) is 0.0879. The van der Waals surface area contributed by atoms with Gasteiger partial charge in [0.15, 0.2) is 0 Å². The molecular weight excluding hydrogens is 260 g/mol. The summed E-state index contributed by atoms with van der Waals surface area (Å²) in [6.45, 7) is 5.15. The lowest BCUT2D eigenvalue weighted by atomic mass is 10.1. The fourth-order valence-electron chi connectivity index (χ4n) is 1.55. The van der Waals surface area contributed by atoms with Crippen LogP contribution >= 0.6 is 11.6 Å². The summed E-state index contributed by atoms with van der Waals surface area (Å²) in [5, 5.41) is 0.704. The minimum Gasteiger partial charge on any atom is -0.423 e. The highest BCUT2D eigenvalue weighted by Gasteiger charge is 2.05. The zero-order valence-corrected chi connectivity index (χ0v) is 11.3. The highest BCUT2D eigenvalue weighted by Crippen LogP contribution is 2.24. The first-order chi connectivity index (χ1) is 9.06. The summed E-state index contributed by atoms with van der Waals surface area (Å²) in [7, 11) is 0. The maximum absolute atomic E-state index is 11.4. The number of benzene rings is 2. The molecule has 2 aromatic rings. The van der Waals surface area contributed by atoms with Crippen molar-refractivity contribution in [2.75, 3.05) is 0 Å². The largest absolute Gasteiger partial charge is 0.423 e. The summed E-state index contributed by atoms with van der Waals surface area (Å²) < 4.78 is 5.13. The second kappa shape index (κ2) is 5.72. The van der Waals surface area contributed by atoms with Crippen LogP contribution in [0.1, 0.15) is 6.92 Å². The van der Waals surface area contributed by atoms with E-state index < -0.39 is 5.97 Å². The van der Waals surface area contributed by atoms with Crippen molar-refractivity contribution in [2.45, 2.75) is 6.92 Å². The lowest BCUT2D eigenvalue weighted by Crippen LogP contribution is -2.07. The molecule has 0 fully saturated rings. The van der Waals surface area contributed by atoms with E-state index in [1.165, 1.54) is 0 Å². The Morgan fingerprint density at radius 3 is 1.95 bits per heavy atom. The van der Waals surface area contributed by atoms with Gasteiger partial charge >= 0.3 is 5.97 Å². The van der Waals surface area contributed by atoms with E-state index in [0.717, 1.165) is 11.1 Å². The van der Waals surface area contributed by atoms with Crippen LogP contribution in [0.2, 0.25) is 5.02 Å². The van der Waals surface area contributed by atoms with Crippen LogP contribution in [0.4, 0.5) is 0 Å². The van der Waals surface area contributed by atoms with Crippen LogP contribution in [-0.2, 0) is 4.79 Å². The average molecular weight is 273 g/mol. The summed E-state index contributed by atoms with van der Waals surface area (Å²) in [6.07, 6.45) is 0. The van der Waals surface area contributed by atoms with Crippen molar-refractivity contribution < 1.29 is 9.53 Å². The number of carbonyl (C=O) groups excluding carboxylic acids is 1. The monoisotopic (exact) mass is 272 g/mol. The summed E-state index contributed by atoms with van der Waals surface area (Å²) in [5.41, 5.74) is 2.47. The molecule has 2 nitrogen and oxygen atoms in total. The second-order valence-corrected chi connectivity index (χ2v) is 4.64. The molecule has 0 heterocycles. The Kier molecular flexibility index (Phi) is 4.03. The lowest BCUT2D eigenvalue weighted by molar-refractivity contribution is -0.130. The molecule has 3 heteroatoms. The maximum atomic E-state index is 11.4. The number of hydrogen-bond acceptors (Lipinski definition) is 2. The van der Waals surface area contributed by atoms with E-state index in [1.807, 2.05) is 36.4 Å². The quantitative estimate of drug-likeness (QED) is 0.467. The lowest BCUT2D eigenvalue weighted by Gasteiger charge is -2.05. The van der Waals surface area contributed by atoms with Crippen LogP contribution < -0.4 is 4.74 Å². The third kappa shape index (κ3) is 3.46. The molecule has 0 aliphatic heterocycles. The van der Waals surface area contributed by atoms with Gasteiger partial charge in [-0.15, -0.1) is 0 Å². The van der Waals surface area contributed by atoms with Crippen molar-refractivity contribution >= 4 is 17.6 Å². The predicted octanol–water partition coefficient (Wildman–Crippen LogP) is 4.49. The highest BCUT2D eigenvalue weighted by molar-refractivity contribution is 6.30. The van der Waals surface area contributed by atoms with Gasteiger partial charge < -0.3 is 4.74 Å². The summed E-state index contributed by atoms with van der Waals surface area (Å²) >= 11 is 5.85. The van der Waals surface area contributed by atoms with Crippen molar-refractivity contribution in [3.8, 4) is 16.9 Å². The smallest absolute Gasteiger partial charge is 0.338 e. The molecule has 19 heavy (non-hydrogen) atoms. The molecule has 0 saturated carbocycles. The van der Waals surface area contributed by atoms with Gasteiger partial charge in [0.1, 0.15) is 5.75 Å². The summed E-state index contributed by atoms with van der Waals surface area (Å²) in [4.78, 5) is 11.4. The third-order valence-corrected chi connectivity index (χ3v) is 2.84. The van der Waals surface area contributed by atoms with Gasteiger partial charge in [-0.2, -0.15) is 0 Å². The van der Waals surface area contributed by atoms with Gasteiger partial charge in [-0.3, -0.25) is 0 Å². The zero-order valence-electron chi connectivity index (χ0n) is 10.5. The molecule has 0 aromatic heterocycles. The van der Waals surface area contributed by atoms with E-state index in [0.29, 0.717) is 16.3 Å². The van der Waals surface area contributed by atoms with E-state index in [-0.39, 0.29) is 0 Å². The van der Waals surface area contributed by atoms with Gasteiger partial charge in [-0.1, -0.05) is 42.4 Å². The molecule has 0 N–H and O–H groups in total. The molecule has 0 aliphatic carbocycles. The van der Waals surface area contributed by atoms with Crippen LogP contribution in [0.25, 0.3) is 11.1 Å². The fraction of sp³-hybridized carbons (Fsp3) is 0.0625. The SMILES string of the molecule is C=C(C)C(=O)Oc1ccc(-c2ccc(Cl)cc2)cc1. The van der Waals surface area contributed by atoms with Gasteiger partial charge in [0.05, 0.1) is 0 Å². The number of hydrogen-bond donors (Lipinski definition) is 0. The van der Waals surface area contributed by atoms with Gasteiger partial charge in [-0.25, -0.2) is 4.79 Å². The van der Waals surface area contributed by atoms with E-state index in [4.69, 9.17) is 16.3 Å². The number of esters is 1. The van der Waals surface area contributed by atoms with E-state index in [2.05, 4.69) is 6.58 Å². The molecule has 0 saturated heterocycles. The summed E-state index contributed by atoms with van der Waals surface area (Å²) in [6, 6.07) is 14.9. The Bertz CT molecular complexity index is 598. The number of ether oxygens (including phenoxy) is 1. The molecule has 0 bridgehead atoms. The average Bonchev–Trinajstić information content (AvgIpc) is 2.40. The Labute approximate surface area is 117 Å². The van der Waals surface area contributed by atoms with Crippen molar-refractivity contribution in [1.29, 1.82) is 0 Å². The van der Waals surface area contributed by atoms with E-state index in [9.17, 15) is 4.79 Å². The molecular formula is C16H13ClO2. The van der Waals surface area contributed by atoms with Crippen molar-refractivity contribution in [1.82, 2.24) is 0 Å². The molecule has 0 aliphatic rings. The van der Waals surface area contributed by atoms with Gasteiger partial charge in [0.25, 0.3) is 0 Å². The van der Waals surface area contributed by atoms with Gasteiger partial charge in [0, 0.05) is 10.6 Å². The standard InChI is InChI=1S/C16H13ClO2/c1-11(2)16(18)19-15-9-5-13(6-10-15)12-3-7-14(17)8-4-12/h3-10H,1H2,2H3. The molecule has 0 atom stereocenters. The van der Waals surface area contributed by atoms with Crippen molar-refractivity contribution in [3.05, 3.63) is 65.7 Å². The molecule has 0 spiro atoms. The molecule has 0 radical (unpaired) electrons. The van der Waals surface area contributed by atoms with Crippen LogP contribution in [-0.4, -0.2) is 5.97 Å². The first-order valence-corrected chi connectivity index (χ1v) is 6.18. The molecule has 2 aromatic carbocycles. The molecule has 2 rings (SSSR count). The molecule has 0 unspecified atom stereocenters. The predicted molar refractivity (Wildman–Crippen MR) is 77.3 cm³/mol. The molecule has 96 valence electrons. The second-order valence-electron chi connectivity index (χ2n) is 4.20. The van der Waals surface area contributed by atoms with Crippen LogP contribution in [0.3, 0.4) is 0 Å². The minimum atomic E-state index is -0.417. The normalized spacial score (nSPS) is 10.0. The Morgan fingerprint density at radius 2 is 1.47 bits per heavy atom. The van der Waals surface area contributed by atoms with Gasteiger partial charge in [-0.05, 0) is 42.3 Å². The number of halogens is 1. The first kappa shape index (κ1) is 13.4. The fourth-order valence-corrected chi connectivity index (χ4v) is 1.68. The Morgan fingerprint density at radius 1 is 1.00 bits per heavy atom. The van der Waals surface area contributed by atoms with E-state index >= 15 is 0 Å². The minimum absolute atomic E-state index is 0.377. The first-order valence-electron chi connectivity index (χ1n) is 5.80. The van der Waals surface area contributed by atoms with E-state index in [1.54, 1.807) is 19.1 Å². The van der Waals surface area contributed by atoms with Crippen molar-refractivity contribution in [2.24, 2.45) is 0 Å². The van der Waals surface area contributed by atoms with Crippen LogP contribution in [0.5, 0.6) is 5.75 Å². The highest BCUT2D eigenvalue weighted by atomic mass is 35.5. The Hall–Kier alpha value is -2.06. The maximum Gasteiger partial charge on any atom is 0.338 e. The number of rotatable bonds is 3. The molecule has 0 amide bonds.